The van der Waals surface area contributed by atoms with Crippen LogP contribution in [0.5, 0.6) is 0 Å². The van der Waals surface area contributed by atoms with Gasteiger partial charge in [0.1, 0.15) is 11.4 Å². The first-order valence-electron chi connectivity index (χ1n) is 11.7. The first-order valence-corrected chi connectivity index (χ1v) is 11.7. The third kappa shape index (κ3) is 8.47. The summed E-state index contributed by atoms with van der Waals surface area (Å²) in [5.41, 5.74) is 2.59. The van der Waals surface area contributed by atoms with E-state index >= 15 is 0 Å². The monoisotopic (exact) mass is 494 g/mol. The number of methoxy groups -OCH3 is 1. The topological polar surface area (TPSA) is 122 Å². The van der Waals surface area contributed by atoms with Gasteiger partial charge in [-0.3, -0.25) is 0 Å². The van der Waals surface area contributed by atoms with Crippen molar-refractivity contribution in [3.8, 4) is 11.3 Å². The summed E-state index contributed by atoms with van der Waals surface area (Å²) in [5.74, 6) is 1.13. The fraction of sp³-hybridized carbons (Fsp3) is 0.385. The molecule has 0 radical (unpaired) electrons. The van der Waals surface area contributed by atoms with Gasteiger partial charge in [-0.05, 0) is 56.7 Å². The molecule has 3 N–H and O–H groups in total. The summed E-state index contributed by atoms with van der Waals surface area (Å²) in [6, 6.07) is 13.0. The van der Waals surface area contributed by atoms with Crippen LogP contribution in [0.4, 0.5) is 22.2 Å². The summed E-state index contributed by atoms with van der Waals surface area (Å²) in [4.78, 5) is 27.4. The van der Waals surface area contributed by atoms with E-state index in [1.807, 2.05) is 63.2 Å². The number of anilines is 3. The highest BCUT2D eigenvalue weighted by Gasteiger charge is 2.21. The van der Waals surface area contributed by atoms with Gasteiger partial charge in [0.2, 0.25) is 5.95 Å². The molecule has 3 aromatic rings. The van der Waals surface area contributed by atoms with Crippen LogP contribution in [0.1, 0.15) is 26.3 Å². The van der Waals surface area contributed by atoms with Crippen molar-refractivity contribution >= 4 is 23.5 Å². The maximum Gasteiger partial charge on any atom is 0.410 e. The molecule has 2 heterocycles. The zero-order valence-corrected chi connectivity index (χ0v) is 21.2. The zero-order valence-electron chi connectivity index (χ0n) is 21.2. The number of amides is 1. The number of nitrogens with zero attached hydrogens (tertiary/aromatic N) is 4. The lowest BCUT2D eigenvalue weighted by Crippen LogP contribution is -2.41. The SMILES string of the molecule is COCCN(CCNc1ccc(-c2ccnc(Nc3cccc(CO)c3)n2)cn1)C(=O)OC(C)(C)C. The summed E-state index contributed by atoms with van der Waals surface area (Å²) in [6.45, 7) is 7.30. The second-order valence-corrected chi connectivity index (χ2v) is 9.07. The van der Waals surface area contributed by atoms with Crippen LogP contribution in [0.15, 0.2) is 54.9 Å². The minimum Gasteiger partial charge on any atom is -0.444 e. The molecule has 0 fully saturated rings. The number of aromatic nitrogens is 3. The van der Waals surface area contributed by atoms with Crippen molar-refractivity contribution in [3.63, 3.8) is 0 Å². The molecular formula is C26H34N6O4. The number of carbonyl (C=O) groups is 1. The van der Waals surface area contributed by atoms with Crippen molar-refractivity contribution in [1.29, 1.82) is 0 Å². The quantitative estimate of drug-likeness (QED) is 0.362. The van der Waals surface area contributed by atoms with Crippen LogP contribution in [-0.4, -0.2) is 70.0 Å². The number of pyridine rings is 1. The Balaban J connectivity index is 1.58. The van der Waals surface area contributed by atoms with E-state index < -0.39 is 5.60 Å². The predicted molar refractivity (Wildman–Crippen MR) is 139 cm³/mol. The molecule has 0 unspecified atom stereocenters. The molecular weight excluding hydrogens is 460 g/mol. The second kappa shape index (κ2) is 12.8. The normalized spacial score (nSPS) is 11.1. The molecule has 0 aliphatic heterocycles. The van der Waals surface area contributed by atoms with E-state index in [4.69, 9.17) is 9.47 Å². The van der Waals surface area contributed by atoms with Crippen LogP contribution in [0.2, 0.25) is 0 Å². The Morgan fingerprint density at radius 2 is 1.94 bits per heavy atom. The zero-order chi connectivity index (χ0) is 26.0. The standard InChI is InChI=1S/C26H34N6O4/c1-26(2,3)36-25(34)32(14-15-35-4)13-12-27-23-9-8-20(17-29-23)22-10-11-28-24(31-22)30-21-7-5-6-19(16-21)18-33/h5-11,16-17,33H,12-15,18H2,1-4H3,(H,27,29)(H,28,30,31). The van der Waals surface area contributed by atoms with Crippen molar-refractivity contribution in [1.82, 2.24) is 19.9 Å². The molecule has 0 spiro atoms. The highest BCUT2D eigenvalue weighted by molar-refractivity contribution is 5.68. The largest absolute Gasteiger partial charge is 0.444 e. The molecule has 0 bridgehead atoms. The lowest BCUT2D eigenvalue weighted by Gasteiger charge is -2.27. The minimum atomic E-state index is -0.562. The first kappa shape index (κ1) is 26.8. The molecule has 0 aliphatic rings. The van der Waals surface area contributed by atoms with Crippen molar-refractivity contribution in [2.24, 2.45) is 0 Å². The van der Waals surface area contributed by atoms with E-state index in [-0.39, 0.29) is 12.7 Å². The number of nitrogens with one attached hydrogen (secondary N) is 2. The summed E-state index contributed by atoms with van der Waals surface area (Å²) >= 11 is 0. The van der Waals surface area contributed by atoms with Gasteiger partial charge >= 0.3 is 6.09 Å². The van der Waals surface area contributed by atoms with Crippen molar-refractivity contribution in [2.75, 3.05) is 44.0 Å². The first-order chi connectivity index (χ1) is 17.3. The van der Waals surface area contributed by atoms with Crippen LogP contribution in [0.25, 0.3) is 11.3 Å². The molecule has 192 valence electrons. The van der Waals surface area contributed by atoms with Gasteiger partial charge in [-0.2, -0.15) is 0 Å². The Morgan fingerprint density at radius 1 is 1.11 bits per heavy atom. The van der Waals surface area contributed by atoms with E-state index in [1.54, 1.807) is 24.4 Å². The number of carbonyl (C=O) groups excluding carboxylic acids is 1. The third-order valence-corrected chi connectivity index (χ3v) is 4.99. The Hall–Kier alpha value is -3.76. The number of ether oxygens (including phenoxy) is 2. The number of aliphatic hydroxyl groups excluding tert-OH is 1. The van der Waals surface area contributed by atoms with Crippen LogP contribution in [0, 0.1) is 0 Å². The van der Waals surface area contributed by atoms with Crippen LogP contribution < -0.4 is 10.6 Å². The molecule has 3 rings (SSSR count). The van der Waals surface area contributed by atoms with Gasteiger partial charge in [0.05, 0.1) is 18.9 Å². The van der Waals surface area contributed by atoms with E-state index in [0.29, 0.717) is 38.0 Å². The summed E-state index contributed by atoms with van der Waals surface area (Å²) in [7, 11) is 1.60. The Labute approximate surface area is 211 Å². The predicted octanol–water partition coefficient (Wildman–Crippen LogP) is 4.07. The van der Waals surface area contributed by atoms with Crippen molar-refractivity contribution in [3.05, 3.63) is 60.4 Å². The fourth-order valence-corrected chi connectivity index (χ4v) is 3.25. The highest BCUT2D eigenvalue weighted by atomic mass is 16.6. The van der Waals surface area contributed by atoms with Crippen molar-refractivity contribution in [2.45, 2.75) is 33.0 Å². The maximum absolute atomic E-state index is 12.5. The molecule has 36 heavy (non-hydrogen) atoms. The van der Waals surface area contributed by atoms with Gasteiger partial charge in [0.15, 0.2) is 0 Å². The van der Waals surface area contributed by atoms with Gasteiger partial charge in [-0.15, -0.1) is 0 Å². The van der Waals surface area contributed by atoms with Gasteiger partial charge < -0.3 is 30.1 Å². The molecule has 10 heteroatoms. The van der Waals surface area contributed by atoms with Gasteiger partial charge in [-0.25, -0.2) is 19.7 Å². The second-order valence-electron chi connectivity index (χ2n) is 9.07. The Morgan fingerprint density at radius 3 is 2.64 bits per heavy atom. The minimum absolute atomic E-state index is 0.0331. The van der Waals surface area contributed by atoms with Gasteiger partial charge in [0.25, 0.3) is 0 Å². The van der Waals surface area contributed by atoms with E-state index in [9.17, 15) is 9.90 Å². The lowest BCUT2D eigenvalue weighted by atomic mass is 10.2. The summed E-state index contributed by atoms with van der Waals surface area (Å²) < 4.78 is 10.6. The van der Waals surface area contributed by atoms with Crippen LogP contribution in [-0.2, 0) is 16.1 Å². The smallest absolute Gasteiger partial charge is 0.410 e. The molecule has 2 aromatic heterocycles. The van der Waals surface area contributed by atoms with Crippen molar-refractivity contribution < 1.29 is 19.4 Å². The number of benzene rings is 1. The van der Waals surface area contributed by atoms with Gasteiger partial charge in [0, 0.05) is 50.4 Å². The summed E-state index contributed by atoms with van der Waals surface area (Å²) in [5, 5.41) is 15.7. The molecule has 0 saturated heterocycles. The number of aliphatic hydroxyl groups is 1. The third-order valence-electron chi connectivity index (χ3n) is 4.99. The van der Waals surface area contributed by atoms with Crippen LogP contribution in [0.3, 0.4) is 0 Å². The number of hydrogen-bond donors (Lipinski definition) is 3. The van der Waals surface area contributed by atoms with E-state index in [1.165, 1.54) is 0 Å². The fourth-order valence-electron chi connectivity index (χ4n) is 3.25. The number of hydrogen-bond acceptors (Lipinski definition) is 9. The molecule has 10 nitrogen and oxygen atoms in total. The Bertz CT molecular complexity index is 1120. The molecule has 1 aromatic carbocycles. The van der Waals surface area contributed by atoms with E-state index in [0.717, 1.165) is 22.5 Å². The average Bonchev–Trinajstić information content (AvgIpc) is 2.85. The number of rotatable bonds is 11. The van der Waals surface area contributed by atoms with Gasteiger partial charge in [-0.1, -0.05) is 12.1 Å². The molecule has 0 aliphatic carbocycles. The molecule has 0 atom stereocenters. The molecule has 1 amide bonds. The Kier molecular flexibility index (Phi) is 9.54. The average molecular weight is 495 g/mol. The molecule has 0 saturated carbocycles. The highest BCUT2D eigenvalue weighted by Crippen LogP contribution is 2.20. The van der Waals surface area contributed by atoms with Crippen LogP contribution >= 0.6 is 0 Å². The van der Waals surface area contributed by atoms with E-state index in [2.05, 4.69) is 25.6 Å². The maximum atomic E-state index is 12.5. The summed E-state index contributed by atoms with van der Waals surface area (Å²) in [6.07, 6.45) is 3.04. The lowest BCUT2D eigenvalue weighted by molar-refractivity contribution is 0.0210.